The van der Waals surface area contributed by atoms with Crippen molar-refractivity contribution in [2.45, 2.75) is 38.1 Å². The van der Waals surface area contributed by atoms with Gasteiger partial charge < -0.3 is 15.6 Å². The molecule has 1 saturated carbocycles. The minimum absolute atomic E-state index is 0.0498. The average molecular weight is 238 g/mol. The summed E-state index contributed by atoms with van der Waals surface area (Å²) in [6, 6.07) is -0.249. The summed E-state index contributed by atoms with van der Waals surface area (Å²) < 4.78 is 5.06. The fraction of sp³-hybridized carbons (Fsp3) is 0.727. The van der Waals surface area contributed by atoms with Crippen LogP contribution in [-0.2, 0) is 0 Å². The van der Waals surface area contributed by atoms with Crippen molar-refractivity contribution >= 4 is 5.91 Å². The number of nitrogens with zero attached hydrogens (tertiary/aromatic N) is 2. The lowest BCUT2D eigenvalue weighted by atomic mass is 9.84. The number of nitrogens with two attached hydrogens (primary N) is 1. The van der Waals surface area contributed by atoms with E-state index in [0.717, 1.165) is 12.8 Å². The smallest absolute Gasteiger partial charge is 0.292 e. The fourth-order valence-corrected chi connectivity index (χ4v) is 2.27. The highest BCUT2D eigenvalue weighted by atomic mass is 16.5. The van der Waals surface area contributed by atoms with Gasteiger partial charge in [0.2, 0.25) is 5.89 Å². The zero-order chi connectivity index (χ0) is 12.3. The second-order valence-electron chi connectivity index (χ2n) is 4.46. The highest BCUT2D eigenvalue weighted by molar-refractivity contribution is 5.89. The molecule has 0 spiro atoms. The number of carbonyl (C=O) groups excluding carboxylic acids is 1. The molecular weight excluding hydrogens is 220 g/mol. The molecule has 2 rings (SSSR count). The minimum Gasteiger partial charge on any atom is -0.352 e. The standard InChI is InChI=1S/C11H18N4O2/c1-13-10(16)9-14-11(17-15-9)8(12)7-5-3-2-4-6-7/h7-8H,2-6,12H2,1H3,(H,13,16). The van der Waals surface area contributed by atoms with E-state index in [0.29, 0.717) is 11.8 Å². The van der Waals surface area contributed by atoms with Gasteiger partial charge in [-0.2, -0.15) is 4.98 Å². The predicted octanol–water partition coefficient (Wildman–Crippen LogP) is 1.01. The van der Waals surface area contributed by atoms with Crippen molar-refractivity contribution < 1.29 is 9.32 Å². The Labute approximate surface area is 99.9 Å². The Morgan fingerprint density at radius 2 is 2.18 bits per heavy atom. The summed E-state index contributed by atoms with van der Waals surface area (Å²) in [5, 5.41) is 6.07. The number of carbonyl (C=O) groups is 1. The van der Waals surface area contributed by atoms with Gasteiger partial charge in [0.25, 0.3) is 11.7 Å². The number of hydrogen-bond acceptors (Lipinski definition) is 5. The highest BCUT2D eigenvalue weighted by Crippen LogP contribution is 2.32. The molecule has 0 bridgehead atoms. The van der Waals surface area contributed by atoms with Gasteiger partial charge in [0, 0.05) is 7.05 Å². The molecule has 1 aliphatic rings. The SMILES string of the molecule is CNC(=O)c1noc(C(N)C2CCCCC2)n1. The number of aromatic nitrogens is 2. The molecule has 0 aromatic carbocycles. The molecule has 6 heteroatoms. The van der Waals surface area contributed by atoms with Crippen LogP contribution in [0, 0.1) is 5.92 Å². The molecule has 1 heterocycles. The number of hydrogen-bond donors (Lipinski definition) is 2. The van der Waals surface area contributed by atoms with Gasteiger partial charge in [0.1, 0.15) is 0 Å². The molecule has 6 nitrogen and oxygen atoms in total. The molecule has 94 valence electrons. The van der Waals surface area contributed by atoms with Crippen LogP contribution in [0.4, 0.5) is 0 Å². The van der Waals surface area contributed by atoms with Crippen molar-refractivity contribution in [3.63, 3.8) is 0 Å². The third kappa shape index (κ3) is 2.63. The van der Waals surface area contributed by atoms with E-state index in [1.165, 1.54) is 26.3 Å². The molecule has 1 aliphatic carbocycles. The zero-order valence-corrected chi connectivity index (χ0v) is 9.98. The highest BCUT2D eigenvalue weighted by Gasteiger charge is 2.27. The first-order valence-electron chi connectivity index (χ1n) is 6.03. The molecule has 0 radical (unpaired) electrons. The van der Waals surface area contributed by atoms with Crippen LogP contribution >= 0.6 is 0 Å². The lowest BCUT2D eigenvalue weighted by Gasteiger charge is -2.24. The van der Waals surface area contributed by atoms with E-state index in [4.69, 9.17) is 10.3 Å². The molecule has 1 unspecified atom stereocenters. The predicted molar refractivity (Wildman–Crippen MR) is 61.2 cm³/mol. The number of nitrogens with one attached hydrogen (secondary N) is 1. The van der Waals surface area contributed by atoms with Crippen LogP contribution in [0.3, 0.4) is 0 Å². The molecule has 0 aliphatic heterocycles. The second kappa shape index (κ2) is 5.27. The molecule has 1 aromatic heterocycles. The van der Waals surface area contributed by atoms with Crippen LogP contribution in [0.15, 0.2) is 4.52 Å². The zero-order valence-electron chi connectivity index (χ0n) is 9.98. The molecular formula is C11H18N4O2. The Hall–Kier alpha value is -1.43. The summed E-state index contributed by atoms with van der Waals surface area (Å²) in [5.41, 5.74) is 6.10. The molecule has 17 heavy (non-hydrogen) atoms. The van der Waals surface area contributed by atoms with Gasteiger partial charge in [-0.25, -0.2) is 0 Å². The molecule has 1 atom stereocenters. The monoisotopic (exact) mass is 238 g/mol. The van der Waals surface area contributed by atoms with Crippen molar-refractivity contribution in [1.82, 2.24) is 15.5 Å². The van der Waals surface area contributed by atoms with E-state index >= 15 is 0 Å². The number of rotatable bonds is 3. The maximum Gasteiger partial charge on any atom is 0.292 e. The van der Waals surface area contributed by atoms with E-state index in [-0.39, 0.29) is 17.8 Å². The third-order valence-electron chi connectivity index (χ3n) is 3.31. The van der Waals surface area contributed by atoms with E-state index < -0.39 is 0 Å². The Kier molecular flexibility index (Phi) is 3.73. The van der Waals surface area contributed by atoms with Crippen LogP contribution < -0.4 is 11.1 Å². The van der Waals surface area contributed by atoms with Crippen molar-refractivity contribution in [1.29, 1.82) is 0 Å². The third-order valence-corrected chi connectivity index (χ3v) is 3.31. The van der Waals surface area contributed by atoms with Crippen molar-refractivity contribution in [2.24, 2.45) is 11.7 Å². The topological polar surface area (TPSA) is 94.0 Å². The number of amides is 1. The van der Waals surface area contributed by atoms with Gasteiger partial charge in [0.15, 0.2) is 0 Å². The van der Waals surface area contributed by atoms with Gasteiger partial charge in [-0.1, -0.05) is 24.4 Å². The Morgan fingerprint density at radius 3 is 2.82 bits per heavy atom. The van der Waals surface area contributed by atoms with Gasteiger partial charge in [-0.3, -0.25) is 4.79 Å². The van der Waals surface area contributed by atoms with E-state index in [2.05, 4.69) is 15.5 Å². The van der Waals surface area contributed by atoms with E-state index in [9.17, 15) is 4.79 Å². The normalized spacial score (nSPS) is 18.9. The molecule has 1 amide bonds. The van der Waals surface area contributed by atoms with E-state index in [1.807, 2.05) is 0 Å². The fourth-order valence-electron chi connectivity index (χ4n) is 2.27. The Balaban J connectivity index is 2.05. The molecule has 0 saturated heterocycles. The Morgan fingerprint density at radius 1 is 1.47 bits per heavy atom. The lowest BCUT2D eigenvalue weighted by molar-refractivity contribution is 0.0950. The summed E-state index contributed by atoms with van der Waals surface area (Å²) in [6.45, 7) is 0. The van der Waals surface area contributed by atoms with Crippen LogP contribution in [-0.4, -0.2) is 23.1 Å². The summed E-state index contributed by atoms with van der Waals surface area (Å²) in [4.78, 5) is 15.3. The Bertz CT molecular complexity index is 385. The van der Waals surface area contributed by atoms with Gasteiger partial charge in [-0.15, -0.1) is 0 Å². The first-order valence-corrected chi connectivity index (χ1v) is 6.03. The maximum absolute atomic E-state index is 11.3. The van der Waals surface area contributed by atoms with Crippen LogP contribution in [0.1, 0.15) is 54.7 Å². The summed E-state index contributed by atoms with van der Waals surface area (Å²) >= 11 is 0. The van der Waals surface area contributed by atoms with Gasteiger partial charge in [0.05, 0.1) is 6.04 Å². The average Bonchev–Trinajstić information content (AvgIpc) is 2.87. The van der Waals surface area contributed by atoms with Gasteiger partial charge in [-0.05, 0) is 18.8 Å². The maximum atomic E-state index is 11.3. The first-order chi connectivity index (χ1) is 8.22. The lowest BCUT2D eigenvalue weighted by Crippen LogP contribution is -2.24. The summed E-state index contributed by atoms with van der Waals surface area (Å²) in [7, 11) is 1.53. The molecule has 1 aromatic rings. The van der Waals surface area contributed by atoms with Crippen LogP contribution in [0.2, 0.25) is 0 Å². The largest absolute Gasteiger partial charge is 0.352 e. The van der Waals surface area contributed by atoms with Crippen molar-refractivity contribution in [2.75, 3.05) is 7.05 Å². The molecule has 1 fully saturated rings. The van der Waals surface area contributed by atoms with Gasteiger partial charge >= 0.3 is 0 Å². The van der Waals surface area contributed by atoms with Crippen molar-refractivity contribution in [3.05, 3.63) is 11.7 Å². The summed E-state index contributed by atoms with van der Waals surface area (Å²) in [6.07, 6.45) is 5.87. The molecule has 3 N–H and O–H groups in total. The van der Waals surface area contributed by atoms with Crippen molar-refractivity contribution in [3.8, 4) is 0 Å². The second-order valence-corrected chi connectivity index (χ2v) is 4.46. The minimum atomic E-state index is -0.351. The van der Waals surface area contributed by atoms with Crippen LogP contribution in [0.5, 0.6) is 0 Å². The first kappa shape index (κ1) is 12.0. The quantitative estimate of drug-likeness (QED) is 0.819. The van der Waals surface area contributed by atoms with Crippen LogP contribution in [0.25, 0.3) is 0 Å². The van der Waals surface area contributed by atoms with E-state index in [1.54, 1.807) is 0 Å². The summed E-state index contributed by atoms with van der Waals surface area (Å²) in [5.74, 6) is 0.460.